The maximum Gasteiger partial charge on any atom is 0.203 e. The molecule has 0 saturated carbocycles. The van der Waals surface area contributed by atoms with Gasteiger partial charge < -0.3 is 19.1 Å². The number of ether oxygens (including phenoxy) is 3. The zero-order chi connectivity index (χ0) is 29.8. The fourth-order valence-corrected chi connectivity index (χ4v) is 6.42. The number of rotatable bonds is 6. The minimum absolute atomic E-state index is 0.129. The summed E-state index contributed by atoms with van der Waals surface area (Å²) in [5.74, 6) is 2.19. The predicted octanol–water partition coefficient (Wildman–Crippen LogP) is 5.82. The van der Waals surface area contributed by atoms with Crippen LogP contribution in [0.5, 0.6) is 17.2 Å². The predicted molar refractivity (Wildman–Crippen MR) is 161 cm³/mol. The highest BCUT2D eigenvalue weighted by Crippen LogP contribution is 2.49. The van der Waals surface area contributed by atoms with E-state index in [0.717, 1.165) is 28.3 Å². The molecular formula is C34H35N3O5. The van der Waals surface area contributed by atoms with Gasteiger partial charge in [-0.1, -0.05) is 63.2 Å². The molecule has 42 heavy (non-hydrogen) atoms. The maximum atomic E-state index is 14.2. The van der Waals surface area contributed by atoms with E-state index in [1.54, 1.807) is 33.5 Å². The Kier molecular flexibility index (Phi) is 6.60. The molecule has 1 aliphatic carbocycles. The van der Waals surface area contributed by atoms with Crippen molar-refractivity contribution in [3.63, 3.8) is 0 Å². The number of fused-ring (bicyclic) bond motifs is 2. The van der Waals surface area contributed by atoms with Gasteiger partial charge in [0.1, 0.15) is 11.2 Å². The number of hydrogen-bond donors (Lipinski definition) is 0. The monoisotopic (exact) mass is 565 g/mol. The Morgan fingerprint density at radius 1 is 0.833 bits per heavy atom. The standard InChI is InChI=1S/C34H35N3O5/c1-33(2,3)29-25-18-34(30(38)23-14-10-11-15-24(23)31(34)39)20-36(32(25)37(35-29)22-12-8-7-9-13-22)19-21-16-26(40-4)28(42-6)27(17-21)41-5/h7-17H,18-20H2,1-6H3. The molecule has 0 atom stereocenters. The summed E-state index contributed by atoms with van der Waals surface area (Å²) in [6, 6.07) is 20.9. The molecule has 6 rings (SSSR count). The van der Waals surface area contributed by atoms with E-state index in [1.807, 2.05) is 59.3 Å². The number of carbonyl (C=O) groups excluding carboxylic acids is 2. The molecule has 216 valence electrons. The van der Waals surface area contributed by atoms with Crippen LogP contribution >= 0.6 is 0 Å². The summed E-state index contributed by atoms with van der Waals surface area (Å²) in [4.78, 5) is 30.5. The van der Waals surface area contributed by atoms with Gasteiger partial charge in [0.15, 0.2) is 23.1 Å². The second-order valence-corrected chi connectivity index (χ2v) is 12.0. The van der Waals surface area contributed by atoms with Gasteiger partial charge in [-0.2, -0.15) is 5.10 Å². The van der Waals surface area contributed by atoms with Crippen molar-refractivity contribution in [1.82, 2.24) is 9.78 Å². The van der Waals surface area contributed by atoms with Crippen molar-refractivity contribution >= 4 is 17.4 Å². The second kappa shape index (κ2) is 10.0. The average molecular weight is 566 g/mol. The molecule has 0 saturated heterocycles. The summed E-state index contributed by atoms with van der Waals surface area (Å²) in [6.07, 6.45) is 0.292. The molecule has 2 heterocycles. The number of benzene rings is 3. The fourth-order valence-electron chi connectivity index (χ4n) is 6.42. The Bertz CT molecular complexity index is 1640. The molecule has 0 fully saturated rings. The number of methoxy groups -OCH3 is 3. The Morgan fingerprint density at radius 2 is 1.40 bits per heavy atom. The van der Waals surface area contributed by atoms with Crippen molar-refractivity contribution in [2.24, 2.45) is 5.41 Å². The van der Waals surface area contributed by atoms with Gasteiger partial charge in [-0.3, -0.25) is 9.59 Å². The van der Waals surface area contributed by atoms with Crippen molar-refractivity contribution in [3.05, 3.63) is 94.7 Å². The first-order valence-electron chi connectivity index (χ1n) is 14.0. The first kappa shape index (κ1) is 27.6. The third-order valence-corrected chi connectivity index (χ3v) is 8.29. The number of hydrogen-bond acceptors (Lipinski definition) is 7. The van der Waals surface area contributed by atoms with Gasteiger partial charge in [0.25, 0.3) is 0 Å². The number of carbonyl (C=O) groups is 2. The molecule has 1 spiro atoms. The summed E-state index contributed by atoms with van der Waals surface area (Å²) in [5.41, 5.74) is 2.97. The van der Waals surface area contributed by atoms with Crippen molar-refractivity contribution in [2.75, 3.05) is 32.8 Å². The van der Waals surface area contributed by atoms with Gasteiger partial charge in [-0.05, 0) is 36.2 Å². The van der Waals surface area contributed by atoms with Gasteiger partial charge in [0, 0.05) is 35.2 Å². The summed E-state index contributed by atoms with van der Waals surface area (Å²) < 4.78 is 18.8. The second-order valence-electron chi connectivity index (χ2n) is 12.0. The largest absolute Gasteiger partial charge is 0.493 e. The molecule has 0 unspecified atom stereocenters. The molecule has 0 bridgehead atoms. The van der Waals surface area contributed by atoms with E-state index in [2.05, 4.69) is 25.7 Å². The summed E-state index contributed by atoms with van der Waals surface area (Å²) in [5, 5.41) is 5.16. The smallest absolute Gasteiger partial charge is 0.203 e. The highest BCUT2D eigenvalue weighted by Gasteiger charge is 2.57. The molecule has 2 aliphatic rings. The molecule has 8 heteroatoms. The van der Waals surface area contributed by atoms with Crippen LogP contribution in [0.15, 0.2) is 66.7 Å². The molecule has 1 aliphatic heterocycles. The van der Waals surface area contributed by atoms with Crippen molar-refractivity contribution < 1.29 is 23.8 Å². The van der Waals surface area contributed by atoms with Crippen LogP contribution in [0, 0.1) is 5.41 Å². The van der Waals surface area contributed by atoms with E-state index >= 15 is 0 Å². The summed E-state index contributed by atoms with van der Waals surface area (Å²) >= 11 is 0. The van der Waals surface area contributed by atoms with E-state index in [-0.39, 0.29) is 23.5 Å². The number of aromatic nitrogens is 2. The third kappa shape index (κ3) is 4.16. The zero-order valence-corrected chi connectivity index (χ0v) is 24.9. The summed E-state index contributed by atoms with van der Waals surface area (Å²) in [6.45, 7) is 6.93. The number of ketones is 2. The Balaban J connectivity index is 1.58. The van der Waals surface area contributed by atoms with E-state index in [4.69, 9.17) is 19.3 Å². The quantitative estimate of drug-likeness (QED) is 0.272. The van der Waals surface area contributed by atoms with Crippen LogP contribution in [0.2, 0.25) is 0 Å². The van der Waals surface area contributed by atoms with Crippen molar-refractivity contribution in [1.29, 1.82) is 0 Å². The van der Waals surface area contributed by atoms with Crippen LogP contribution < -0.4 is 19.1 Å². The minimum atomic E-state index is -1.25. The van der Waals surface area contributed by atoms with Crippen LogP contribution in [0.4, 0.5) is 5.82 Å². The summed E-state index contributed by atoms with van der Waals surface area (Å²) in [7, 11) is 4.74. The van der Waals surface area contributed by atoms with E-state index in [0.29, 0.717) is 41.3 Å². The van der Waals surface area contributed by atoms with Gasteiger partial charge in [-0.15, -0.1) is 0 Å². The molecule has 8 nitrogen and oxygen atoms in total. The van der Waals surface area contributed by atoms with Gasteiger partial charge in [0.05, 0.1) is 32.7 Å². The van der Waals surface area contributed by atoms with Crippen LogP contribution in [0.3, 0.4) is 0 Å². The minimum Gasteiger partial charge on any atom is -0.493 e. The van der Waals surface area contributed by atoms with Gasteiger partial charge in [0.2, 0.25) is 5.75 Å². The third-order valence-electron chi connectivity index (χ3n) is 8.29. The lowest BCUT2D eigenvalue weighted by molar-refractivity contribution is 0.0696. The first-order chi connectivity index (χ1) is 20.1. The average Bonchev–Trinajstić information content (AvgIpc) is 3.48. The van der Waals surface area contributed by atoms with Crippen molar-refractivity contribution in [2.45, 2.75) is 39.2 Å². The number of anilines is 1. The van der Waals surface area contributed by atoms with Crippen LogP contribution in [-0.4, -0.2) is 49.2 Å². The lowest BCUT2D eigenvalue weighted by Gasteiger charge is -2.40. The number of nitrogens with zero attached hydrogens (tertiary/aromatic N) is 3. The lowest BCUT2D eigenvalue weighted by atomic mass is 9.72. The van der Waals surface area contributed by atoms with Crippen LogP contribution in [0.25, 0.3) is 5.69 Å². The Morgan fingerprint density at radius 3 is 1.93 bits per heavy atom. The van der Waals surface area contributed by atoms with Gasteiger partial charge in [-0.25, -0.2) is 4.68 Å². The lowest BCUT2D eigenvalue weighted by Crippen LogP contribution is -2.50. The van der Waals surface area contributed by atoms with Crippen LogP contribution in [-0.2, 0) is 18.4 Å². The van der Waals surface area contributed by atoms with E-state index in [1.165, 1.54) is 0 Å². The Labute approximate surface area is 245 Å². The molecule has 0 radical (unpaired) electrons. The van der Waals surface area contributed by atoms with Gasteiger partial charge >= 0.3 is 0 Å². The van der Waals surface area contributed by atoms with E-state index in [9.17, 15) is 9.59 Å². The highest BCUT2D eigenvalue weighted by atomic mass is 16.5. The van der Waals surface area contributed by atoms with Crippen molar-refractivity contribution in [3.8, 4) is 22.9 Å². The number of para-hydroxylation sites is 1. The molecular weight excluding hydrogens is 530 g/mol. The molecule has 0 N–H and O–H groups in total. The molecule has 0 amide bonds. The number of Topliss-reactive ketones (excluding diaryl/α,β-unsaturated/α-hetero) is 2. The topological polar surface area (TPSA) is 82.9 Å². The first-order valence-corrected chi connectivity index (χ1v) is 14.0. The molecule has 4 aromatic rings. The molecule has 1 aromatic heterocycles. The Hall–Kier alpha value is -4.59. The zero-order valence-electron chi connectivity index (χ0n) is 24.9. The van der Waals surface area contributed by atoms with Crippen LogP contribution in [0.1, 0.15) is 58.3 Å². The molecule has 3 aromatic carbocycles. The SMILES string of the molecule is COc1cc(CN2CC3(Cc4c(C(C)(C)C)nn(-c5ccccc5)c42)C(=O)c2ccccc2C3=O)cc(OC)c1OC. The normalized spacial score (nSPS) is 15.5. The van der Waals surface area contributed by atoms with E-state index < -0.39 is 5.41 Å². The maximum absolute atomic E-state index is 14.2. The fraction of sp³-hybridized carbons (Fsp3) is 0.324. The highest BCUT2D eigenvalue weighted by molar-refractivity contribution is 6.30.